The van der Waals surface area contributed by atoms with Crippen molar-refractivity contribution in [2.75, 3.05) is 7.11 Å². The van der Waals surface area contributed by atoms with E-state index in [4.69, 9.17) is 4.74 Å². The third-order valence-electron chi connectivity index (χ3n) is 3.74. The summed E-state index contributed by atoms with van der Waals surface area (Å²) in [7, 11) is 1.66. The molecule has 0 amide bonds. The van der Waals surface area contributed by atoms with Crippen LogP contribution in [-0.2, 0) is 5.41 Å². The lowest BCUT2D eigenvalue weighted by Gasteiger charge is -2.21. The Balaban J connectivity index is 2.70. The van der Waals surface area contributed by atoms with Crippen LogP contribution < -0.4 is 4.74 Å². The highest BCUT2D eigenvalue weighted by Gasteiger charge is 2.17. The first-order chi connectivity index (χ1) is 9.86. The normalized spacial score (nSPS) is 11.0. The van der Waals surface area contributed by atoms with E-state index >= 15 is 0 Å². The molecule has 0 heterocycles. The van der Waals surface area contributed by atoms with Gasteiger partial charge in [0.15, 0.2) is 0 Å². The highest BCUT2D eigenvalue weighted by Crippen LogP contribution is 2.33. The van der Waals surface area contributed by atoms with Crippen molar-refractivity contribution >= 4 is 0 Å². The van der Waals surface area contributed by atoms with Crippen LogP contribution in [0, 0.1) is 18.3 Å². The van der Waals surface area contributed by atoms with Gasteiger partial charge in [-0.1, -0.05) is 32.9 Å². The molecule has 108 valence electrons. The topological polar surface area (TPSA) is 33.0 Å². The van der Waals surface area contributed by atoms with E-state index in [-0.39, 0.29) is 5.41 Å². The summed E-state index contributed by atoms with van der Waals surface area (Å²) in [5, 5.41) is 9.41. The summed E-state index contributed by atoms with van der Waals surface area (Å²) in [6, 6.07) is 14.3. The van der Waals surface area contributed by atoms with Crippen LogP contribution in [0.1, 0.15) is 37.5 Å². The van der Waals surface area contributed by atoms with Gasteiger partial charge in [0.1, 0.15) is 5.75 Å². The molecular formula is C19H21NO. The summed E-state index contributed by atoms with van der Waals surface area (Å²) >= 11 is 0. The molecule has 21 heavy (non-hydrogen) atoms. The van der Waals surface area contributed by atoms with Crippen molar-refractivity contribution < 1.29 is 4.74 Å². The third kappa shape index (κ3) is 3.08. The van der Waals surface area contributed by atoms with Gasteiger partial charge in [0.2, 0.25) is 0 Å². The van der Waals surface area contributed by atoms with E-state index in [0.29, 0.717) is 5.56 Å². The zero-order valence-electron chi connectivity index (χ0n) is 13.3. The van der Waals surface area contributed by atoms with Crippen LogP contribution in [0.2, 0.25) is 0 Å². The number of nitriles is 1. The van der Waals surface area contributed by atoms with Crippen LogP contribution in [0.4, 0.5) is 0 Å². The molecule has 2 heteroatoms. The van der Waals surface area contributed by atoms with Gasteiger partial charge in [0.25, 0.3) is 0 Å². The molecule has 0 bridgehead atoms. The van der Waals surface area contributed by atoms with Crippen LogP contribution in [0.15, 0.2) is 36.4 Å². The van der Waals surface area contributed by atoms with Crippen molar-refractivity contribution in [2.45, 2.75) is 33.1 Å². The fourth-order valence-electron chi connectivity index (χ4n) is 2.35. The molecule has 0 radical (unpaired) electrons. The van der Waals surface area contributed by atoms with E-state index < -0.39 is 0 Å². The number of rotatable bonds is 2. The summed E-state index contributed by atoms with van der Waals surface area (Å²) in [5.74, 6) is 0.806. The average molecular weight is 279 g/mol. The molecule has 0 aromatic heterocycles. The van der Waals surface area contributed by atoms with Crippen molar-refractivity contribution in [1.29, 1.82) is 5.26 Å². The van der Waals surface area contributed by atoms with E-state index in [1.165, 1.54) is 5.56 Å². The molecule has 2 aromatic rings. The SMILES string of the molecule is COc1ccc(C)c(-c2cc(C(C)(C)C)ccc2C#N)c1. The summed E-state index contributed by atoms with van der Waals surface area (Å²) in [6.07, 6.45) is 0. The highest BCUT2D eigenvalue weighted by molar-refractivity contribution is 5.75. The van der Waals surface area contributed by atoms with Gasteiger partial charge in [-0.05, 0) is 53.3 Å². The van der Waals surface area contributed by atoms with E-state index in [9.17, 15) is 5.26 Å². The van der Waals surface area contributed by atoms with Crippen molar-refractivity contribution in [3.63, 3.8) is 0 Å². The molecule has 2 nitrogen and oxygen atoms in total. The van der Waals surface area contributed by atoms with Crippen LogP contribution in [0.5, 0.6) is 5.75 Å². The van der Waals surface area contributed by atoms with Gasteiger partial charge in [-0.3, -0.25) is 0 Å². The van der Waals surface area contributed by atoms with Gasteiger partial charge in [0.05, 0.1) is 18.7 Å². The quantitative estimate of drug-likeness (QED) is 0.788. The smallest absolute Gasteiger partial charge is 0.119 e. The monoisotopic (exact) mass is 279 g/mol. The molecular weight excluding hydrogens is 258 g/mol. The third-order valence-corrected chi connectivity index (χ3v) is 3.74. The minimum absolute atomic E-state index is 0.0511. The average Bonchev–Trinajstić information content (AvgIpc) is 2.46. The van der Waals surface area contributed by atoms with Crippen molar-refractivity contribution in [3.8, 4) is 22.9 Å². The number of nitrogens with zero attached hydrogens (tertiary/aromatic N) is 1. The van der Waals surface area contributed by atoms with E-state index in [1.54, 1.807) is 7.11 Å². The zero-order valence-corrected chi connectivity index (χ0v) is 13.3. The van der Waals surface area contributed by atoms with Gasteiger partial charge in [0, 0.05) is 5.56 Å². The Kier molecular flexibility index (Phi) is 4.04. The Hall–Kier alpha value is -2.27. The van der Waals surface area contributed by atoms with Crippen molar-refractivity contribution in [2.24, 2.45) is 0 Å². The van der Waals surface area contributed by atoms with E-state index in [0.717, 1.165) is 22.4 Å². The number of benzene rings is 2. The first-order valence-corrected chi connectivity index (χ1v) is 7.06. The van der Waals surface area contributed by atoms with Crippen molar-refractivity contribution in [3.05, 3.63) is 53.1 Å². The minimum atomic E-state index is 0.0511. The predicted octanol–water partition coefficient (Wildman–Crippen LogP) is 4.84. The second-order valence-electron chi connectivity index (χ2n) is 6.30. The van der Waals surface area contributed by atoms with Gasteiger partial charge in [-0.15, -0.1) is 0 Å². The lowest BCUT2D eigenvalue weighted by Crippen LogP contribution is -2.11. The number of hydrogen-bond donors (Lipinski definition) is 0. The molecule has 0 unspecified atom stereocenters. The van der Waals surface area contributed by atoms with Crippen molar-refractivity contribution in [1.82, 2.24) is 0 Å². The fraction of sp³-hybridized carbons (Fsp3) is 0.316. The summed E-state index contributed by atoms with van der Waals surface area (Å²) in [5.41, 5.74) is 5.13. The highest BCUT2D eigenvalue weighted by atomic mass is 16.5. The maximum Gasteiger partial charge on any atom is 0.119 e. The molecule has 0 spiro atoms. The van der Waals surface area contributed by atoms with E-state index in [2.05, 4.69) is 39.8 Å². The van der Waals surface area contributed by atoms with Crippen LogP contribution in [0.3, 0.4) is 0 Å². The van der Waals surface area contributed by atoms with E-state index in [1.807, 2.05) is 30.3 Å². The molecule has 0 saturated carbocycles. The zero-order chi connectivity index (χ0) is 15.6. The number of ether oxygens (including phenoxy) is 1. The Morgan fingerprint density at radius 3 is 2.29 bits per heavy atom. The Morgan fingerprint density at radius 1 is 1.00 bits per heavy atom. The first kappa shape index (κ1) is 15.1. The molecule has 0 fully saturated rings. The second kappa shape index (κ2) is 5.61. The largest absolute Gasteiger partial charge is 0.497 e. The molecule has 0 saturated heterocycles. The standard InChI is InChI=1S/C19H21NO/c1-13-6-9-16(21-5)11-17(13)18-10-15(19(2,3)4)8-7-14(18)12-20/h6-11H,1-5H3. The number of aryl methyl sites for hydroxylation is 1. The number of methoxy groups -OCH3 is 1. The van der Waals surface area contributed by atoms with Gasteiger partial charge in [-0.25, -0.2) is 0 Å². The molecule has 0 aliphatic heterocycles. The second-order valence-corrected chi connectivity index (χ2v) is 6.30. The van der Waals surface area contributed by atoms with Crippen LogP contribution in [0.25, 0.3) is 11.1 Å². The summed E-state index contributed by atoms with van der Waals surface area (Å²) in [4.78, 5) is 0. The maximum absolute atomic E-state index is 9.41. The number of hydrogen-bond acceptors (Lipinski definition) is 2. The Bertz CT molecular complexity index is 702. The van der Waals surface area contributed by atoms with Gasteiger partial charge in [-0.2, -0.15) is 5.26 Å². The lowest BCUT2D eigenvalue weighted by atomic mass is 9.83. The molecule has 0 aliphatic carbocycles. The molecule has 0 atom stereocenters. The predicted molar refractivity (Wildman–Crippen MR) is 86.6 cm³/mol. The Labute approximate surface area is 127 Å². The lowest BCUT2D eigenvalue weighted by molar-refractivity contribution is 0.415. The summed E-state index contributed by atoms with van der Waals surface area (Å²) in [6.45, 7) is 8.59. The van der Waals surface area contributed by atoms with Crippen LogP contribution in [-0.4, -0.2) is 7.11 Å². The first-order valence-electron chi connectivity index (χ1n) is 7.06. The van der Waals surface area contributed by atoms with Gasteiger partial charge < -0.3 is 4.74 Å². The minimum Gasteiger partial charge on any atom is -0.497 e. The summed E-state index contributed by atoms with van der Waals surface area (Å²) < 4.78 is 5.32. The van der Waals surface area contributed by atoms with Crippen LogP contribution >= 0.6 is 0 Å². The maximum atomic E-state index is 9.41. The molecule has 2 aromatic carbocycles. The molecule has 0 aliphatic rings. The molecule has 0 N–H and O–H groups in total. The fourth-order valence-corrected chi connectivity index (χ4v) is 2.35. The Morgan fingerprint density at radius 2 is 1.71 bits per heavy atom. The van der Waals surface area contributed by atoms with Gasteiger partial charge >= 0.3 is 0 Å². The molecule has 2 rings (SSSR count).